The second-order valence-corrected chi connectivity index (χ2v) is 6.44. The SMILES string of the molecule is CC(C)(C(=O)C1=COCC1)S(C)(=O)=O. The molecule has 0 aliphatic carbocycles. The zero-order valence-corrected chi connectivity index (χ0v) is 9.35. The first-order valence-corrected chi connectivity index (χ1v) is 6.21. The molecule has 0 spiro atoms. The van der Waals surface area contributed by atoms with Crippen LogP contribution in [0.2, 0.25) is 0 Å². The van der Waals surface area contributed by atoms with Crippen LogP contribution in [-0.4, -0.2) is 31.8 Å². The summed E-state index contributed by atoms with van der Waals surface area (Å²) in [4.78, 5) is 11.8. The highest BCUT2D eigenvalue weighted by molar-refractivity contribution is 7.92. The Kier molecular flexibility index (Phi) is 2.71. The Balaban J connectivity index is 3.00. The molecule has 1 heterocycles. The number of ketones is 1. The van der Waals surface area contributed by atoms with Gasteiger partial charge in [-0.1, -0.05) is 0 Å². The highest BCUT2D eigenvalue weighted by atomic mass is 32.2. The molecule has 1 aliphatic rings. The van der Waals surface area contributed by atoms with Crippen molar-refractivity contribution < 1.29 is 17.9 Å². The fraction of sp³-hybridized carbons (Fsp3) is 0.667. The van der Waals surface area contributed by atoms with Gasteiger partial charge in [-0.15, -0.1) is 0 Å². The molecule has 0 N–H and O–H groups in total. The Morgan fingerprint density at radius 3 is 2.43 bits per heavy atom. The lowest BCUT2D eigenvalue weighted by atomic mass is 10.00. The van der Waals surface area contributed by atoms with Crippen LogP contribution in [0.4, 0.5) is 0 Å². The third-order valence-corrected chi connectivity index (χ3v) is 4.52. The van der Waals surface area contributed by atoms with Crippen molar-refractivity contribution in [1.82, 2.24) is 0 Å². The van der Waals surface area contributed by atoms with Gasteiger partial charge in [0.05, 0.1) is 12.9 Å². The second-order valence-electron chi connectivity index (χ2n) is 3.88. The first kappa shape index (κ1) is 11.2. The van der Waals surface area contributed by atoms with Crippen molar-refractivity contribution in [2.45, 2.75) is 25.0 Å². The minimum Gasteiger partial charge on any atom is -0.500 e. The van der Waals surface area contributed by atoms with Gasteiger partial charge in [0, 0.05) is 18.2 Å². The molecule has 0 bridgehead atoms. The summed E-state index contributed by atoms with van der Waals surface area (Å²) < 4.78 is 26.3. The van der Waals surface area contributed by atoms with Crippen LogP contribution in [0.3, 0.4) is 0 Å². The molecule has 14 heavy (non-hydrogen) atoms. The maximum absolute atomic E-state index is 11.8. The quantitative estimate of drug-likeness (QED) is 0.699. The summed E-state index contributed by atoms with van der Waals surface area (Å²) in [6.45, 7) is 3.30. The van der Waals surface area contributed by atoms with Crippen LogP contribution >= 0.6 is 0 Å². The van der Waals surface area contributed by atoms with Crippen LogP contribution in [0.25, 0.3) is 0 Å². The second kappa shape index (κ2) is 3.38. The number of sulfone groups is 1. The molecule has 0 radical (unpaired) electrons. The lowest BCUT2D eigenvalue weighted by Crippen LogP contribution is -2.40. The van der Waals surface area contributed by atoms with Crippen molar-refractivity contribution >= 4 is 15.6 Å². The number of carbonyl (C=O) groups excluding carboxylic acids is 1. The molecule has 80 valence electrons. The van der Waals surface area contributed by atoms with E-state index in [0.717, 1.165) is 6.26 Å². The smallest absolute Gasteiger partial charge is 0.182 e. The van der Waals surface area contributed by atoms with Gasteiger partial charge in [0.2, 0.25) is 0 Å². The van der Waals surface area contributed by atoms with E-state index in [1.165, 1.54) is 20.1 Å². The Morgan fingerprint density at radius 2 is 2.07 bits per heavy atom. The van der Waals surface area contributed by atoms with Gasteiger partial charge in [-0.05, 0) is 13.8 Å². The molecule has 0 saturated carbocycles. The third-order valence-electron chi connectivity index (χ3n) is 2.48. The van der Waals surface area contributed by atoms with Crippen LogP contribution in [0.1, 0.15) is 20.3 Å². The number of rotatable bonds is 3. The monoisotopic (exact) mass is 218 g/mol. The third kappa shape index (κ3) is 1.82. The van der Waals surface area contributed by atoms with E-state index in [4.69, 9.17) is 4.74 Å². The predicted octanol–water partition coefficient (Wildman–Crippen LogP) is 0.683. The Bertz CT molecular complexity index is 376. The molecule has 0 fully saturated rings. The fourth-order valence-corrected chi connectivity index (χ4v) is 1.58. The zero-order chi connectivity index (χ0) is 11.0. The summed E-state index contributed by atoms with van der Waals surface area (Å²) in [5.41, 5.74) is 0.459. The number of hydrogen-bond acceptors (Lipinski definition) is 4. The maximum atomic E-state index is 11.8. The zero-order valence-electron chi connectivity index (χ0n) is 8.53. The van der Waals surface area contributed by atoms with E-state index >= 15 is 0 Å². The van der Waals surface area contributed by atoms with Crippen molar-refractivity contribution in [1.29, 1.82) is 0 Å². The molecule has 1 aliphatic heterocycles. The van der Waals surface area contributed by atoms with Gasteiger partial charge in [0.1, 0.15) is 4.75 Å². The maximum Gasteiger partial charge on any atom is 0.182 e. The molecule has 0 aromatic carbocycles. The van der Waals surface area contributed by atoms with Gasteiger partial charge in [-0.2, -0.15) is 0 Å². The van der Waals surface area contributed by atoms with Crippen molar-refractivity contribution in [3.63, 3.8) is 0 Å². The average molecular weight is 218 g/mol. The minimum atomic E-state index is -3.38. The lowest BCUT2D eigenvalue weighted by molar-refractivity contribution is -0.117. The summed E-state index contributed by atoms with van der Waals surface area (Å²) in [6.07, 6.45) is 2.92. The number of carbonyl (C=O) groups is 1. The Morgan fingerprint density at radius 1 is 1.50 bits per heavy atom. The molecule has 0 aromatic rings. The summed E-state index contributed by atoms with van der Waals surface area (Å²) in [7, 11) is -3.38. The van der Waals surface area contributed by atoms with E-state index in [-0.39, 0.29) is 5.78 Å². The largest absolute Gasteiger partial charge is 0.500 e. The Hall–Kier alpha value is -0.840. The number of ether oxygens (including phenoxy) is 1. The minimum absolute atomic E-state index is 0.363. The van der Waals surface area contributed by atoms with E-state index in [0.29, 0.717) is 18.6 Å². The normalized spacial score (nSPS) is 17.5. The molecule has 5 heteroatoms. The van der Waals surface area contributed by atoms with Crippen molar-refractivity contribution in [2.75, 3.05) is 12.9 Å². The van der Waals surface area contributed by atoms with Gasteiger partial charge in [0.15, 0.2) is 15.6 Å². The van der Waals surface area contributed by atoms with Crippen molar-refractivity contribution in [3.05, 3.63) is 11.8 Å². The van der Waals surface area contributed by atoms with Gasteiger partial charge in [0.25, 0.3) is 0 Å². The van der Waals surface area contributed by atoms with Crippen LogP contribution in [0, 0.1) is 0 Å². The average Bonchev–Trinajstić information content (AvgIpc) is 2.52. The molecule has 0 amide bonds. The summed E-state index contributed by atoms with van der Waals surface area (Å²) in [6, 6.07) is 0. The summed E-state index contributed by atoms with van der Waals surface area (Å²) in [5.74, 6) is -0.363. The predicted molar refractivity (Wildman–Crippen MR) is 52.6 cm³/mol. The number of hydrogen-bond donors (Lipinski definition) is 0. The van der Waals surface area contributed by atoms with Gasteiger partial charge in [-0.25, -0.2) is 8.42 Å². The molecule has 0 aromatic heterocycles. The van der Waals surface area contributed by atoms with E-state index in [1.807, 2.05) is 0 Å². The van der Waals surface area contributed by atoms with Gasteiger partial charge in [-0.3, -0.25) is 4.79 Å². The molecule has 1 rings (SSSR count). The molecule has 0 atom stereocenters. The molecule has 0 saturated heterocycles. The van der Waals surface area contributed by atoms with Crippen molar-refractivity contribution in [3.8, 4) is 0 Å². The highest BCUT2D eigenvalue weighted by Crippen LogP contribution is 2.24. The van der Waals surface area contributed by atoms with E-state index in [2.05, 4.69) is 0 Å². The van der Waals surface area contributed by atoms with E-state index in [9.17, 15) is 13.2 Å². The van der Waals surface area contributed by atoms with Crippen molar-refractivity contribution in [2.24, 2.45) is 0 Å². The first-order valence-electron chi connectivity index (χ1n) is 4.32. The molecule has 0 unspecified atom stereocenters. The molecule has 4 nitrogen and oxygen atoms in total. The van der Waals surface area contributed by atoms with E-state index < -0.39 is 14.6 Å². The summed E-state index contributed by atoms with van der Waals surface area (Å²) >= 11 is 0. The number of Topliss-reactive ketones (excluding diaryl/α,β-unsaturated/α-hetero) is 1. The highest BCUT2D eigenvalue weighted by Gasteiger charge is 2.40. The van der Waals surface area contributed by atoms with Crippen LogP contribution < -0.4 is 0 Å². The summed E-state index contributed by atoms with van der Waals surface area (Å²) in [5, 5.41) is 0. The van der Waals surface area contributed by atoms with Crippen LogP contribution in [-0.2, 0) is 19.4 Å². The Labute approximate surface area is 83.9 Å². The standard InChI is InChI=1S/C9H14O4S/c1-9(2,14(3,11)12)8(10)7-4-5-13-6-7/h6H,4-5H2,1-3H3. The van der Waals surface area contributed by atoms with Gasteiger partial charge >= 0.3 is 0 Å². The topological polar surface area (TPSA) is 60.4 Å². The van der Waals surface area contributed by atoms with Crippen LogP contribution in [0.15, 0.2) is 11.8 Å². The lowest BCUT2D eigenvalue weighted by Gasteiger charge is -2.20. The van der Waals surface area contributed by atoms with Gasteiger partial charge < -0.3 is 4.74 Å². The first-order chi connectivity index (χ1) is 6.27. The fourth-order valence-electron chi connectivity index (χ4n) is 1.11. The van der Waals surface area contributed by atoms with E-state index in [1.54, 1.807) is 0 Å². The molecular formula is C9H14O4S. The molecular weight excluding hydrogens is 204 g/mol. The van der Waals surface area contributed by atoms with Crippen LogP contribution in [0.5, 0.6) is 0 Å².